The van der Waals surface area contributed by atoms with Crippen molar-refractivity contribution in [2.45, 2.75) is 25.8 Å². The summed E-state index contributed by atoms with van der Waals surface area (Å²) < 4.78 is 26.3. The molecule has 0 saturated heterocycles. The monoisotopic (exact) mass is 342 g/mol. The molecule has 0 spiro atoms. The number of fused-ring (bicyclic) bond motifs is 1. The lowest BCUT2D eigenvalue weighted by Gasteiger charge is -2.21. The summed E-state index contributed by atoms with van der Waals surface area (Å²) in [5, 5.41) is 6.23. The Morgan fingerprint density at radius 3 is 2.72 bits per heavy atom. The molecule has 2 aromatic carbocycles. The average Bonchev–Trinajstić information content (AvgIpc) is 2.58. The van der Waals surface area contributed by atoms with E-state index in [0.717, 1.165) is 36.7 Å². The van der Waals surface area contributed by atoms with Crippen LogP contribution in [0.5, 0.6) is 0 Å². The zero-order valence-electron chi connectivity index (χ0n) is 14.0. The number of rotatable bonds is 4. The highest BCUT2D eigenvalue weighted by molar-refractivity contribution is 5.92. The third-order valence-corrected chi connectivity index (χ3v) is 4.24. The zero-order valence-corrected chi connectivity index (χ0v) is 14.0. The second kappa shape index (κ2) is 7.47. The average molecular weight is 342 g/mol. The summed E-state index contributed by atoms with van der Waals surface area (Å²) in [5.41, 5.74) is 3.75. The fourth-order valence-corrected chi connectivity index (χ4v) is 2.95. The van der Waals surface area contributed by atoms with Crippen LogP contribution in [0.2, 0.25) is 0 Å². The topological polar surface area (TPSA) is 41.1 Å². The molecule has 130 valence electrons. The van der Waals surface area contributed by atoms with E-state index in [1.165, 1.54) is 29.8 Å². The fraction of sp³-hybridized carbons (Fsp3) is 0.250. The number of hydrogen-bond donors (Lipinski definition) is 2. The van der Waals surface area contributed by atoms with Gasteiger partial charge in [-0.2, -0.15) is 0 Å². The van der Waals surface area contributed by atoms with Crippen molar-refractivity contribution in [3.63, 3.8) is 0 Å². The van der Waals surface area contributed by atoms with Gasteiger partial charge in [0, 0.05) is 24.4 Å². The van der Waals surface area contributed by atoms with Gasteiger partial charge in [0.2, 0.25) is 5.91 Å². The standard InChI is InChI=1S/C20H20F2N2O/c1-13(15-5-6-19-16(11-15)3-2-8-23-19)24-20(25)7-4-14-9-17(21)12-18(22)10-14/h4-7,9-13,23H,2-3,8H2,1H3,(H,24,25). The molecule has 1 heterocycles. The van der Waals surface area contributed by atoms with E-state index in [0.29, 0.717) is 5.56 Å². The number of carbonyl (C=O) groups excluding carboxylic acids is 1. The van der Waals surface area contributed by atoms with Gasteiger partial charge in [0.15, 0.2) is 0 Å². The van der Waals surface area contributed by atoms with Crippen LogP contribution in [-0.2, 0) is 11.2 Å². The first kappa shape index (κ1) is 17.1. The van der Waals surface area contributed by atoms with E-state index in [-0.39, 0.29) is 11.9 Å². The van der Waals surface area contributed by atoms with Crippen molar-refractivity contribution in [1.29, 1.82) is 0 Å². The Hall–Kier alpha value is -2.69. The van der Waals surface area contributed by atoms with Crippen molar-refractivity contribution < 1.29 is 13.6 Å². The van der Waals surface area contributed by atoms with Crippen LogP contribution in [-0.4, -0.2) is 12.5 Å². The van der Waals surface area contributed by atoms with Gasteiger partial charge in [0.1, 0.15) is 11.6 Å². The van der Waals surface area contributed by atoms with Gasteiger partial charge >= 0.3 is 0 Å². The lowest BCUT2D eigenvalue weighted by molar-refractivity contribution is -0.117. The largest absolute Gasteiger partial charge is 0.385 e. The number of carbonyl (C=O) groups is 1. The Morgan fingerprint density at radius 1 is 1.20 bits per heavy atom. The molecule has 1 unspecified atom stereocenters. The minimum Gasteiger partial charge on any atom is -0.385 e. The van der Waals surface area contributed by atoms with Crippen LogP contribution >= 0.6 is 0 Å². The lowest BCUT2D eigenvalue weighted by Crippen LogP contribution is -2.25. The quantitative estimate of drug-likeness (QED) is 0.817. The molecule has 1 aliphatic rings. The highest BCUT2D eigenvalue weighted by Gasteiger charge is 2.13. The molecule has 2 N–H and O–H groups in total. The highest BCUT2D eigenvalue weighted by Crippen LogP contribution is 2.25. The van der Waals surface area contributed by atoms with Gasteiger partial charge in [-0.15, -0.1) is 0 Å². The van der Waals surface area contributed by atoms with Crippen LogP contribution < -0.4 is 10.6 Å². The molecule has 0 fully saturated rings. The Morgan fingerprint density at radius 2 is 1.96 bits per heavy atom. The molecule has 0 aromatic heterocycles. The van der Waals surface area contributed by atoms with Gasteiger partial charge in [-0.3, -0.25) is 4.79 Å². The summed E-state index contributed by atoms with van der Waals surface area (Å²) >= 11 is 0. The van der Waals surface area contributed by atoms with Crippen molar-refractivity contribution in [2.75, 3.05) is 11.9 Å². The van der Waals surface area contributed by atoms with Gasteiger partial charge in [0.05, 0.1) is 6.04 Å². The fourth-order valence-electron chi connectivity index (χ4n) is 2.95. The molecular weight excluding hydrogens is 322 g/mol. The minimum absolute atomic E-state index is 0.159. The smallest absolute Gasteiger partial charge is 0.244 e. The van der Waals surface area contributed by atoms with Crippen molar-refractivity contribution in [1.82, 2.24) is 5.32 Å². The first-order valence-electron chi connectivity index (χ1n) is 8.32. The Kier molecular flexibility index (Phi) is 5.12. The van der Waals surface area contributed by atoms with Crippen molar-refractivity contribution in [3.05, 3.63) is 70.8 Å². The van der Waals surface area contributed by atoms with Gasteiger partial charge in [-0.05, 0) is 60.7 Å². The number of aryl methyl sites for hydroxylation is 1. The van der Waals surface area contributed by atoms with E-state index in [4.69, 9.17) is 0 Å². The number of halogens is 2. The molecule has 2 aromatic rings. The zero-order chi connectivity index (χ0) is 17.8. The summed E-state index contributed by atoms with van der Waals surface area (Å²) in [6.45, 7) is 2.90. The molecule has 5 heteroatoms. The molecule has 0 saturated carbocycles. The van der Waals surface area contributed by atoms with Crippen molar-refractivity contribution in [2.24, 2.45) is 0 Å². The van der Waals surface area contributed by atoms with E-state index in [1.54, 1.807) is 0 Å². The molecule has 0 bridgehead atoms. The van der Waals surface area contributed by atoms with Crippen LogP contribution in [0, 0.1) is 11.6 Å². The number of amides is 1. The Bertz CT molecular complexity index is 797. The van der Waals surface area contributed by atoms with E-state index in [2.05, 4.69) is 16.7 Å². The van der Waals surface area contributed by atoms with E-state index < -0.39 is 11.6 Å². The van der Waals surface area contributed by atoms with Crippen LogP contribution in [0.25, 0.3) is 6.08 Å². The normalized spacial score (nSPS) is 14.7. The summed E-state index contributed by atoms with van der Waals surface area (Å²) in [7, 11) is 0. The maximum Gasteiger partial charge on any atom is 0.244 e. The predicted molar refractivity (Wildman–Crippen MR) is 95.2 cm³/mol. The molecular formula is C20H20F2N2O. The second-order valence-electron chi connectivity index (χ2n) is 6.21. The van der Waals surface area contributed by atoms with Crippen molar-refractivity contribution in [3.8, 4) is 0 Å². The highest BCUT2D eigenvalue weighted by atomic mass is 19.1. The minimum atomic E-state index is -0.670. The number of benzene rings is 2. The van der Waals surface area contributed by atoms with Gasteiger partial charge in [-0.25, -0.2) is 8.78 Å². The van der Waals surface area contributed by atoms with Crippen LogP contribution in [0.4, 0.5) is 14.5 Å². The Labute approximate surface area is 145 Å². The molecule has 0 radical (unpaired) electrons. The number of anilines is 1. The third-order valence-electron chi connectivity index (χ3n) is 4.24. The van der Waals surface area contributed by atoms with Gasteiger partial charge < -0.3 is 10.6 Å². The molecule has 3 nitrogen and oxygen atoms in total. The summed E-state index contributed by atoms with van der Waals surface area (Å²) in [4.78, 5) is 12.1. The molecule has 1 aliphatic heterocycles. The van der Waals surface area contributed by atoms with Gasteiger partial charge in [-0.1, -0.05) is 12.1 Å². The van der Waals surface area contributed by atoms with Crippen LogP contribution in [0.1, 0.15) is 36.1 Å². The molecule has 1 amide bonds. The summed E-state index contributed by atoms with van der Waals surface area (Å²) in [5.74, 6) is -1.65. The second-order valence-corrected chi connectivity index (χ2v) is 6.21. The molecule has 3 rings (SSSR count). The maximum atomic E-state index is 13.1. The summed E-state index contributed by atoms with van der Waals surface area (Å²) in [6, 6.07) is 9.13. The predicted octanol–water partition coefficient (Wildman–Crippen LogP) is 4.21. The van der Waals surface area contributed by atoms with E-state index >= 15 is 0 Å². The first-order chi connectivity index (χ1) is 12.0. The lowest BCUT2D eigenvalue weighted by atomic mass is 9.98. The Balaban J connectivity index is 1.65. The van der Waals surface area contributed by atoms with Crippen molar-refractivity contribution >= 4 is 17.7 Å². The maximum absolute atomic E-state index is 13.1. The van der Waals surface area contributed by atoms with E-state index in [9.17, 15) is 13.6 Å². The SMILES string of the molecule is CC(NC(=O)C=Cc1cc(F)cc(F)c1)c1ccc2c(c1)CCCN2. The first-order valence-corrected chi connectivity index (χ1v) is 8.32. The summed E-state index contributed by atoms with van der Waals surface area (Å²) in [6.07, 6.45) is 4.81. The van der Waals surface area contributed by atoms with E-state index in [1.807, 2.05) is 19.1 Å². The number of nitrogens with one attached hydrogen (secondary N) is 2. The van der Waals surface area contributed by atoms with Crippen LogP contribution in [0.15, 0.2) is 42.5 Å². The molecule has 1 atom stereocenters. The van der Waals surface area contributed by atoms with Gasteiger partial charge in [0.25, 0.3) is 0 Å². The molecule has 0 aliphatic carbocycles. The third kappa shape index (κ3) is 4.44. The number of hydrogen-bond acceptors (Lipinski definition) is 2. The van der Waals surface area contributed by atoms with Crippen LogP contribution in [0.3, 0.4) is 0 Å². The molecule has 25 heavy (non-hydrogen) atoms.